The molecule has 3 aromatic rings. The van der Waals surface area contributed by atoms with Gasteiger partial charge in [0, 0.05) is 11.5 Å². The van der Waals surface area contributed by atoms with Gasteiger partial charge in [0.2, 0.25) is 0 Å². The van der Waals surface area contributed by atoms with Gasteiger partial charge in [0.05, 0.1) is 12.7 Å². The Morgan fingerprint density at radius 3 is 2.43 bits per heavy atom. The van der Waals surface area contributed by atoms with E-state index in [1.54, 1.807) is 12.1 Å². The zero-order valence-corrected chi connectivity index (χ0v) is 16.1. The number of carbonyl (C=O) groups excluding carboxylic acids is 2. The summed E-state index contributed by atoms with van der Waals surface area (Å²) in [6.45, 7) is 2.08. The number of ether oxygens (including phenoxy) is 1. The van der Waals surface area contributed by atoms with E-state index >= 15 is 0 Å². The van der Waals surface area contributed by atoms with Crippen molar-refractivity contribution in [1.29, 1.82) is 0 Å². The van der Waals surface area contributed by atoms with E-state index in [4.69, 9.17) is 4.74 Å². The summed E-state index contributed by atoms with van der Waals surface area (Å²) in [6.07, 6.45) is 1.42. The van der Waals surface area contributed by atoms with E-state index in [9.17, 15) is 9.59 Å². The molecular weight excluding hydrogens is 348 g/mol. The van der Waals surface area contributed by atoms with Crippen LogP contribution in [0.15, 0.2) is 66.7 Å². The third-order valence-corrected chi connectivity index (χ3v) is 5.45. The number of carbonyl (C=O) groups is 2. The number of rotatable bonds is 4. The lowest BCUT2D eigenvalue weighted by atomic mass is 9.94. The smallest absolute Gasteiger partial charge is 0.337 e. The molecule has 0 bridgehead atoms. The lowest BCUT2D eigenvalue weighted by Gasteiger charge is -2.10. The molecule has 0 fully saturated rings. The van der Waals surface area contributed by atoms with Crippen molar-refractivity contribution in [3.8, 4) is 11.1 Å². The van der Waals surface area contributed by atoms with Crippen LogP contribution >= 0.6 is 0 Å². The van der Waals surface area contributed by atoms with Crippen LogP contribution in [0.1, 0.15) is 37.4 Å². The monoisotopic (exact) mass is 370 g/mol. The normalized spacial score (nSPS) is 15.4. The Balaban J connectivity index is 1.59. The Labute approximate surface area is 165 Å². The van der Waals surface area contributed by atoms with Crippen LogP contribution in [0.4, 0.5) is 0 Å². The predicted molar refractivity (Wildman–Crippen MR) is 110 cm³/mol. The van der Waals surface area contributed by atoms with Gasteiger partial charge in [-0.1, -0.05) is 60.2 Å². The molecule has 0 aliphatic heterocycles. The van der Waals surface area contributed by atoms with Crippen LogP contribution < -0.4 is 0 Å². The predicted octanol–water partition coefficient (Wildman–Crippen LogP) is 5.05. The van der Waals surface area contributed by atoms with Gasteiger partial charge in [-0.15, -0.1) is 0 Å². The van der Waals surface area contributed by atoms with Crippen molar-refractivity contribution in [3.05, 3.63) is 94.5 Å². The van der Waals surface area contributed by atoms with Crippen molar-refractivity contribution >= 4 is 11.8 Å². The third kappa shape index (κ3) is 3.36. The molecule has 0 N–H and O–H groups in total. The quantitative estimate of drug-likeness (QED) is 0.604. The first-order chi connectivity index (χ1) is 13.6. The van der Waals surface area contributed by atoms with Gasteiger partial charge in [-0.25, -0.2) is 4.79 Å². The van der Waals surface area contributed by atoms with Crippen LogP contribution in [0.5, 0.6) is 0 Å². The van der Waals surface area contributed by atoms with Gasteiger partial charge < -0.3 is 4.74 Å². The zero-order valence-electron chi connectivity index (χ0n) is 16.1. The van der Waals surface area contributed by atoms with Crippen molar-refractivity contribution < 1.29 is 14.3 Å². The minimum absolute atomic E-state index is 0.0649. The number of benzene rings is 3. The average Bonchev–Trinajstić information content (AvgIpc) is 3.03. The highest BCUT2D eigenvalue weighted by Crippen LogP contribution is 2.36. The van der Waals surface area contributed by atoms with Crippen molar-refractivity contribution in [2.45, 2.75) is 19.8 Å². The van der Waals surface area contributed by atoms with Crippen molar-refractivity contribution in [2.75, 3.05) is 7.11 Å². The second-order valence-corrected chi connectivity index (χ2v) is 7.36. The summed E-state index contributed by atoms with van der Waals surface area (Å²) in [5.74, 6) is -0.204. The largest absolute Gasteiger partial charge is 0.465 e. The molecule has 3 aromatic carbocycles. The fraction of sp³-hybridized carbons (Fsp3) is 0.200. The molecule has 1 atom stereocenters. The van der Waals surface area contributed by atoms with Crippen LogP contribution in [-0.4, -0.2) is 18.9 Å². The molecule has 140 valence electrons. The van der Waals surface area contributed by atoms with Crippen LogP contribution in [0.2, 0.25) is 0 Å². The van der Waals surface area contributed by atoms with Crippen LogP contribution in [0, 0.1) is 12.8 Å². The second kappa shape index (κ2) is 7.43. The summed E-state index contributed by atoms with van der Waals surface area (Å²) in [6, 6.07) is 21.8. The van der Waals surface area contributed by atoms with Gasteiger partial charge in [0.15, 0.2) is 5.78 Å². The van der Waals surface area contributed by atoms with Crippen molar-refractivity contribution in [3.63, 3.8) is 0 Å². The first-order valence-corrected chi connectivity index (χ1v) is 9.47. The van der Waals surface area contributed by atoms with Crippen molar-refractivity contribution in [2.24, 2.45) is 5.92 Å². The lowest BCUT2D eigenvalue weighted by Crippen LogP contribution is -2.12. The molecule has 0 radical (unpaired) electrons. The summed E-state index contributed by atoms with van der Waals surface area (Å²) in [7, 11) is 1.37. The molecule has 1 aliphatic rings. The highest BCUT2D eigenvalue weighted by molar-refractivity contribution is 6.04. The van der Waals surface area contributed by atoms with Gasteiger partial charge >= 0.3 is 5.97 Å². The highest BCUT2D eigenvalue weighted by Gasteiger charge is 2.32. The van der Waals surface area contributed by atoms with Gasteiger partial charge in [0.1, 0.15) is 0 Å². The van der Waals surface area contributed by atoms with Gasteiger partial charge in [-0.3, -0.25) is 4.79 Å². The van der Waals surface area contributed by atoms with Crippen molar-refractivity contribution in [1.82, 2.24) is 0 Å². The molecule has 0 heterocycles. The maximum Gasteiger partial charge on any atom is 0.337 e. The highest BCUT2D eigenvalue weighted by atomic mass is 16.5. The maximum absolute atomic E-state index is 13.0. The van der Waals surface area contributed by atoms with E-state index in [1.165, 1.54) is 12.7 Å². The van der Waals surface area contributed by atoms with E-state index in [-0.39, 0.29) is 17.7 Å². The molecule has 0 saturated carbocycles. The molecule has 1 unspecified atom stereocenters. The Kier molecular flexibility index (Phi) is 4.82. The SMILES string of the molecule is COC(=O)c1ccc(CC2Cc3c(cccc3-c3cccc(C)c3)C2=O)cc1. The zero-order chi connectivity index (χ0) is 19.7. The minimum atomic E-state index is -0.348. The molecule has 28 heavy (non-hydrogen) atoms. The molecule has 0 amide bonds. The fourth-order valence-electron chi connectivity index (χ4n) is 4.02. The Bertz CT molecular complexity index is 1050. The average molecular weight is 370 g/mol. The number of aryl methyl sites for hydroxylation is 1. The van der Waals surface area contributed by atoms with E-state index in [0.29, 0.717) is 12.0 Å². The Morgan fingerprint density at radius 2 is 1.71 bits per heavy atom. The van der Waals surface area contributed by atoms with E-state index in [2.05, 4.69) is 37.3 Å². The summed E-state index contributed by atoms with van der Waals surface area (Å²) >= 11 is 0. The maximum atomic E-state index is 13.0. The lowest BCUT2D eigenvalue weighted by molar-refractivity contribution is 0.0600. The summed E-state index contributed by atoms with van der Waals surface area (Å²) in [5, 5.41) is 0. The number of hydrogen-bond acceptors (Lipinski definition) is 3. The molecule has 3 heteroatoms. The molecule has 0 saturated heterocycles. The van der Waals surface area contributed by atoms with Crippen LogP contribution in [0.25, 0.3) is 11.1 Å². The first kappa shape index (κ1) is 18.2. The molecule has 4 rings (SSSR count). The molecule has 0 aromatic heterocycles. The topological polar surface area (TPSA) is 43.4 Å². The molecular formula is C25H22O3. The molecule has 0 spiro atoms. The minimum Gasteiger partial charge on any atom is -0.465 e. The summed E-state index contributed by atoms with van der Waals surface area (Å²) in [4.78, 5) is 24.6. The molecule has 3 nitrogen and oxygen atoms in total. The Morgan fingerprint density at radius 1 is 1.00 bits per heavy atom. The Hall–Kier alpha value is -3.20. The summed E-state index contributed by atoms with van der Waals surface area (Å²) < 4.78 is 4.74. The van der Waals surface area contributed by atoms with Gasteiger partial charge in [-0.05, 0) is 54.2 Å². The first-order valence-electron chi connectivity index (χ1n) is 9.47. The number of ketones is 1. The second-order valence-electron chi connectivity index (χ2n) is 7.36. The number of esters is 1. The van der Waals surface area contributed by atoms with Gasteiger partial charge in [-0.2, -0.15) is 0 Å². The number of hydrogen-bond donors (Lipinski definition) is 0. The third-order valence-electron chi connectivity index (χ3n) is 5.45. The number of methoxy groups -OCH3 is 1. The summed E-state index contributed by atoms with van der Waals surface area (Å²) in [5.41, 5.74) is 7.09. The van der Waals surface area contributed by atoms with E-state index in [1.807, 2.05) is 24.3 Å². The van der Waals surface area contributed by atoms with E-state index in [0.717, 1.165) is 34.2 Å². The van der Waals surface area contributed by atoms with Crippen LogP contribution in [-0.2, 0) is 17.6 Å². The molecule has 1 aliphatic carbocycles. The number of Topliss-reactive ketones (excluding diaryl/α,β-unsaturated/α-hetero) is 1. The number of fused-ring (bicyclic) bond motifs is 1. The van der Waals surface area contributed by atoms with Crippen LogP contribution in [0.3, 0.4) is 0 Å². The standard InChI is InChI=1S/C25H22O3/c1-16-5-3-6-19(13-16)21-7-4-8-22-23(21)15-20(24(22)26)14-17-9-11-18(12-10-17)25(27)28-2/h3-13,20H,14-15H2,1-2H3. The van der Waals surface area contributed by atoms with E-state index < -0.39 is 0 Å². The fourth-order valence-corrected chi connectivity index (χ4v) is 4.02. The van der Waals surface area contributed by atoms with Gasteiger partial charge in [0.25, 0.3) is 0 Å².